The lowest BCUT2D eigenvalue weighted by Gasteiger charge is -2.17. The van der Waals surface area contributed by atoms with Crippen LogP contribution in [0.5, 0.6) is 0 Å². The summed E-state index contributed by atoms with van der Waals surface area (Å²) >= 11 is 1.32. The normalized spacial score (nSPS) is 12.8. The van der Waals surface area contributed by atoms with Gasteiger partial charge in [0.15, 0.2) is 0 Å². The van der Waals surface area contributed by atoms with Crippen LogP contribution in [0.4, 0.5) is 0 Å². The molecule has 0 radical (unpaired) electrons. The van der Waals surface area contributed by atoms with Gasteiger partial charge in [-0.15, -0.1) is 11.3 Å². The molecule has 0 amide bonds. The zero-order valence-electron chi connectivity index (χ0n) is 13.4. The van der Waals surface area contributed by atoms with Crippen molar-refractivity contribution >= 4 is 21.4 Å². The zero-order valence-corrected chi connectivity index (χ0v) is 15.1. The maximum Gasteiger partial charge on any atom is 0.252 e. The largest absolute Gasteiger partial charge is 0.377 e. The molecule has 5 nitrogen and oxygen atoms in total. The highest BCUT2D eigenvalue weighted by Crippen LogP contribution is 2.24. The van der Waals surface area contributed by atoms with Gasteiger partial charge in [0, 0.05) is 31.1 Å². The minimum Gasteiger partial charge on any atom is -0.377 e. The van der Waals surface area contributed by atoms with Crippen molar-refractivity contribution in [2.75, 3.05) is 20.2 Å². The number of likely N-dealkylation sites (N-methyl/N-ethyl adjacent to an activating group) is 1. The Balaban J connectivity index is 2.65. The number of sulfonamides is 1. The molecule has 0 bridgehead atoms. The van der Waals surface area contributed by atoms with E-state index >= 15 is 0 Å². The van der Waals surface area contributed by atoms with Gasteiger partial charge in [-0.3, -0.25) is 0 Å². The second kappa shape index (κ2) is 8.24. The highest BCUT2D eigenvalue weighted by molar-refractivity contribution is 7.91. The Bertz CT molecular complexity index is 524. The SMILES string of the molecule is CC(C)NCc1ccc(S(=O)(=O)N(C)CCOC(C)C)s1. The average molecular weight is 335 g/mol. The topological polar surface area (TPSA) is 58.6 Å². The molecule has 1 aromatic rings. The maximum atomic E-state index is 12.4. The number of nitrogens with one attached hydrogen (secondary N) is 1. The molecule has 0 spiro atoms. The molecule has 21 heavy (non-hydrogen) atoms. The lowest BCUT2D eigenvalue weighted by Crippen LogP contribution is -2.30. The van der Waals surface area contributed by atoms with Gasteiger partial charge in [0.1, 0.15) is 4.21 Å². The van der Waals surface area contributed by atoms with Gasteiger partial charge in [-0.05, 0) is 26.0 Å². The van der Waals surface area contributed by atoms with Gasteiger partial charge in [0.2, 0.25) is 0 Å². The van der Waals surface area contributed by atoms with Crippen molar-refractivity contribution < 1.29 is 13.2 Å². The Labute approximate surface area is 132 Å². The average Bonchev–Trinajstić information content (AvgIpc) is 2.85. The van der Waals surface area contributed by atoms with Crippen LogP contribution >= 0.6 is 11.3 Å². The van der Waals surface area contributed by atoms with E-state index in [0.29, 0.717) is 29.9 Å². The Morgan fingerprint density at radius 2 is 1.95 bits per heavy atom. The monoisotopic (exact) mass is 334 g/mol. The molecule has 7 heteroatoms. The fourth-order valence-corrected chi connectivity index (χ4v) is 4.26. The van der Waals surface area contributed by atoms with Crippen LogP contribution in [-0.4, -0.2) is 45.1 Å². The predicted molar refractivity (Wildman–Crippen MR) is 87.2 cm³/mol. The van der Waals surface area contributed by atoms with E-state index in [-0.39, 0.29) is 6.10 Å². The van der Waals surface area contributed by atoms with Crippen molar-refractivity contribution in [2.45, 2.75) is 50.6 Å². The smallest absolute Gasteiger partial charge is 0.252 e. The van der Waals surface area contributed by atoms with Gasteiger partial charge >= 0.3 is 0 Å². The minimum atomic E-state index is -3.41. The summed E-state index contributed by atoms with van der Waals surface area (Å²) in [4.78, 5) is 1.02. The summed E-state index contributed by atoms with van der Waals surface area (Å²) in [6.45, 7) is 9.45. The second-order valence-corrected chi connectivity index (χ2v) is 8.94. The number of nitrogens with zero attached hydrogens (tertiary/aromatic N) is 1. The number of rotatable bonds is 9. The fraction of sp³-hybridized carbons (Fsp3) is 0.714. The molecule has 0 unspecified atom stereocenters. The van der Waals surface area contributed by atoms with E-state index in [9.17, 15) is 8.42 Å². The molecule has 0 saturated heterocycles. The van der Waals surface area contributed by atoms with Crippen molar-refractivity contribution in [3.63, 3.8) is 0 Å². The van der Waals surface area contributed by atoms with Crippen LogP contribution in [0.25, 0.3) is 0 Å². The van der Waals surface area contributed by atoms with Crippen molar-refractivity contribution in [2.24, 2.45) is 0 Å². The third kappa shape index (κ3) is 6.04. The van der Waals surface area contributed by atoms with Crippen molar-refractivity contribution in [3.8, 4) is 0 Å². The van der Waals surface area contributed by atoms with E-state index in [1.807, 2.05) is 19.9 Å². The van der Waals surface area contributed by atoms with Gasteiger partial charge in [0.25, 0.3) is 10.0 Å². The Morgan fingerprint density at radius 1 is 1.29 bits per heavy atom. The first-order valence-electron chi connectivity index (χ1n) is 7.13. The second-order valence-electron chi connectivity index (χ2n) is 5.50. The molecule has 0 aliphatic carbocycles. The van der Waals surface area contributed by atoms with Crippen molar-refractivity contribution in [1.29, 1.82) is 0 Å². The summed E-state index contributed by atoms with van der Waals surface area (Å²) in [6.07, 6.45) is 0.108. The first-order chi connectivity index (χ1) is 9.73. The predicted octanol–water partition coefficient (Wildman–Crippen LogP) is 2.29. The highest BCUT2D eigenvalue weighted by Gasteiger charge is 2.22. The van der Waals surface area contributed by atoms with Crippen LogP contribution in [0, 0.1) is 0 Å². The molecule has 0 saturated carbocycles. The Kier molecular flexibility index (Phi) is 7.29. The third-order valence-electron chi connectivity index (χ3n) is 2.84. The van der Waals surface area contributed by atoms with Crippen LogP contribution in [0.15, 0.2) is 16.3 Å². The van der Waals surface area contributed by atoms with Gasteiger partial charge in [-0.2, -0.15) is 4.31 Å². The van der Waals surface area contributed by atoms with Crippen molar-refractivity contribution in [3.05, 3.63) is 17.0 Å². The molecule has 1 heterocycles. The molecule has 122 valence electrons. The molecular formula is C14H26N2O3S2. The minimum absolute atomic E-state index is 0.108. The van der Waals surface area contributed by atoms with E-state index in [0.717, 1.165) is 4.88 Å². The van der Waals surface area contributed by atoms with Gasteiger partial charge in [-0.25, -0.2) is 8.42 Å². The summed E-state index contributed by atoms with van der Waals surface area (Å²) in [6, 6.07) is 3.92. The van der Waals surface area contributed by atoms with Crippen LogP contribution in [0.2, 0.25) is 0 Å². The van der Waals surface area contributed by atoms with Crippen LogP contribution in [0.3, 0.4) is 0 Å². The van der Waals surface area contributed by atoms with E-state index in [1.165, 1.54) is 15.6 Å². The molecule has 0 aliphatic heterocycles. The zero-order chi connectivity index (χ0) is 16.0. The molecule has 1 rings (SSSR count). The molecule has 0 fully saturated rings. The molecule has 1 N–H and O–H groups in total. The lowest BCUT2D eigenvalue weighted by atomic mass is 10.4. The molecular weight excluding hydrogens is 308 g/mol. The maximum absolute atomic E-state index is 12.4. The molecule has 1 aromatic heterocycles. The quantitative estimate of drug-likeness (QED) is 0.753. The number of ether oxygens (including phenoxy) is 1. The lowest BCUT2D eigenvalue weighted by molar-refractivity contribution is 0.0737. The summed E-state index contributed by atoms with van der Waals surface area (Å²) in [5.41, 5.74) is 0. The molecule has 0 atom stereocenters. The third-order valence-corrected chi connectivity index (χ3v) is 6.25. The first kappa shape index (κ1) is 18.6. The number of thiophene rings is 1. The van der Waals surface area contributed by atoms with E-state index in [2.05, 4.69) is 19.2 Å². The molecule has 0 aliphatic rings. The van der Waals surface area contributed by atoms with Gasteiger partial charge in [0.05, 0.1) is 12.7 Å². The standard InChI is InChI=1S/C14H26N2O3S2/c1-11(2)15-10-13-6-7-14(20-13)21(17,18)16(5)8-9-19-12(3)4/h6-7,11-12,15H,8-10H2,1-5H3. The van der Waals surface area contributed by atoms with E-state index < -0.39 is 10.0 Å². The van der Waals surface area contributed by atoms with Crippen molar-refractivity contribution in [1.82, 2.24) is 9.62 Å². The fourth-order valence-electron chi connectivity index (χ4n) is 1.59. The van der Waals surface area contributed by atoms with E-state index in [4.69, 9.17) is 4.74 Å². The van der Waals surface area contributed by atoms with Crippen LogP contribution in [0.1, 0.15) is 32.6 Å². The summed E-state index contributed by atoms with van der Waals surface area (Å²) in [5, 5.41) is 3.28. The number of hydrogen-bond acceptors (Lipinski definition) is 5. The van der Waals surface area contributed by atoms with Crippen LogP contribution < -0.4 is 5.32 Å². The summed E-state index contributed by atoms with van der Waals surface area (Å²) < 4.78 is 32.0. The Morgan fingerprint density at radius 3 is 2.52 bits per heavy atom. The van der Waals surface area contributed by atoms with E-state index in [1.54, 1.807) is 13.1 Å². The van der Waals surface area contributed by atoms with Crippen LogP contribution in [-0.2, 0) is 21.3 Å². The van der Waals surface area contributed by atoms with Gasteiger partial charge in [-0.1, -0.05) is 13.8 Å². The molecule has 0 aromatic carbocycles. The number of hydrogen-bond donors (Lipinski definition) is 1. The summed E-state index contributed by atoms with van der Waals surface area (Å²) in [5.74, 6) is 0. The highest BCUT2D eigenvalue weighted by atomic mass is 32.2. The summed E-state index contributed by atoms with van der Waals surface area (Å²) in [7, 11) is -1.82. The first-order valence-corrected chi connectivity index (χ1v) is 9.39. The van der Waals surface area contributed by atoms with Gasteiger partial charge < -0.3 is 10.1 Å². The Hall–Kier alpha value is -0.470.